The molecule has 0 saturated carbocycles. The van der Waals surface area contributed by atoms with Gasteiger partial charge in [0.15, 0.2) is 0 Å². The summed E-state index contributed by atoms with van der Waals surface area (Å²) in [4.78, 5) is 27.6. The van der Waals surface area contributed by atoms with Crippen LogP contribution in [0, 0.1) is 0 Å². The number of rotatable bonds is 5. The van der Waals surface area contributed by atoms with Crippen LogP contribution in [0.4, 0.5) is 0 Å². The molecule has 0 N–H and O–H groups in total. The van der Waals surface area contributed by atoms with E-state index in [1.54, 1.807) is 11.1 Å². The number of carbonyl (C=O) groups excluding carboxylic acids is 2. The van der Waals surface area contributed by atoms with Gasteiger partial charge in [-0.15, -0.1) is 0 Å². The predicted octanol–water partition coefficient (Wildman–Crippen LogP) is 7.97. The maximum atomic E-state index is 13.8. The molecule has 212 valence electrons. The summed E-state index contributed by atoms with van der Waals surface area (Å²) in [6.07, 6.45) is 8.80. The van der Waals surface area contributed by atoms with Crippen molar-refractivity contribution in [3.63, 3.8) is 0 Å². The van der Waals surface area contributed by atoms with Crippen LogP contribution in [0.25, 0.3) is 21.5 Å². The molecule has 3 aliphatic carbocycles. The summed E-state index contributed by atoms with van der Waals surface area (Å²) in [5, 5.41) is 11.9. The van der Waals surface area contributed by atoms with Gasteiger partial charge in [0.1, 0.15) is 0 Å². The van der Waals surface area contributed by atoms with Crippen molar-refractivity contribution in [2.24, 2.45) is 0 Å². The Morgan fingerprint density at radius 2 is 1.19 bits per heavy atom. The molecule has 1 atom stereocenters. The molecule has 6 heteroatoms. The van der Waals surface area contributed by atoms with Crippen molar-refractivity contribution in [1.29, 1.82) is 0 Å². The van der Waals surface area contributed by atoms with Crippen LogP contribution in [0.1, 0.15) is 72.1 Å². The third-order valence-electron chi connectivity index (χ3n) is 8.77. The van der Waals surface area contributed by atoms with E-state index in [2.05, 4.69) is 0 Å². The molecule has 0 amide bonds. The van der Waals surface area contributed by atoms with Gasteiger partial charge in [-0.1, -0.05) is 0 Å². The molecule has 4 aromatic rings. The fourth-order valence-electron chi connectivity index (χ4n) is 6.88. The van der Waals surface area contributed by atoms with E-state index in [4.69, 9.17) is 11.7 Å². The third kappa shape index (κ3) is 5.49. The van der Waals surface area contributed by atoms with Crippen molar-refractivity contribution in [3.05, 3.63) is 118 Å². The Kier molecular flexibility index (Phi) is 8.71. The summed E-state index contributed by atoms with van der Waals surface area (Å²) in [5.74, 6) is -0.776. The molecule has 0 aliphatic heterocycles. The quantitative estimate of drug-likeness (QED) is 0.219. The normalized spacial score (nSPS) is 17.7. The van der Waals surface area contributed by atoms with Crippen LogP contribution in [0.5, 0.6) is 0 Å². The fourth-order valence-corrected chi connectivity index (χ4v) is 9.87. The SMILES string of the molecule is C[O-].O=C([O][Ti+]([O]C(=O)c1cccc2ccccc12)[CH]1CCCC2=C1CC1=C2CCCC1)c1cccc2ccccc12. The standard InChI is InChI=1S/C13H17.2C11H8O2.CH3O.Ti/c1-3-7-12-10(5-1)9-11-6-2-4-8-13(11)12;2*12-11(13)10-7-3-5-8-4-1-2-6-9(8)10;1-2;/h5H,1-4,6-9H2;2*1-7H,(H,12,13);1H3;/q;;;-1;+3/p-2. The molecule has 0 fully saturated rings. The molecule has 4 aromatic carbocycles. The molecule has 0 saturated heterocycles. The molecule has 0 radical (unpaired) electrons. The Morgan fingerprint density at radius 3 is 1.81 bits per heavy atom. The summed E-state index contributed by atoms with van der Waals surface area (Å²) in [7, 11) is 0.750. The van der Waals surface area contributed by atoms with Crippen LogP contribution >= 0.6 is 0 Å². The van der Waals surface area contributed by atoms with Crippen molar-refractivity contribution in [3.8, 4) is 0 Å². The second kappa shape index (κ2) is 12.8. The van der Waals surface area contributed by atoms with Crippen LogP contribution in [0.15, 0.2) is 107 Å². The van der Waals surface area contributed by atoms with Crippen molar-refractivity contribution in [1.82, 2.24) is 0 Å². The van der Waals surface area contributed by atoms with Crippen molar-refractivity contribution in [2.45, 2.75) is 55.6 Å². The fraction of sp³-hybridized carbons (Fsp3) is 0.278. The van der Waals surface area contributed by atoms with Gasteiger partial charge in [0.25, 0.3) is 0 Å². The Labute approximate surface area is 253 Å². The average Bonchev–Trinajstić information content (AvgIpc) is 3.44. The minimum atomic E-state index is -3.21. The van der Waals surface area contributed by atoms with E-state index in [0.29, 0.717) is 11.1 Å². The number of hydrogen-bond acceptors (Lipinski definition) is 5. The number of fused-ring (bicyclic) bond motifs is 3. The molecular weight excluding hydrogens is 560 g/mol. The van der Waals surface area contributed by atoms with Gasteiger partial charge >= 0.3 is 242 Å². The zero-order chi connectivity index (χ0) is 29.1. The van der Waals surface area contributed by atoms with Gasteiger partial charge in [-0.3, -0.25) is 0 Å². The average molecular weight is 595 g/mol. The topological polar surface area (TPSA) is 75.7 Å². The van der Waals surface area contributed by atoms with E-state index in [9.17, 15) is 9.59 Å². The maximum absolute atomic E-state index is 13.8. The monoisotopic (exact) mass is 594 g/mol. The van der Waals surface area contributed by atoms with Crippen LogP contribution in [-0.2, 0) is 25.3 Å². The molecule has 0 aromatic heterocycles. The number of allylic oxidation sites excluding steroid dienone is 4. The summed E-state index contributed by atoms with van der Waals surface area (Å²) in [6.45, 7) is 0. The van der Waals surface area contributed by atoms with Crippen LogP contribution in [0.2, 0.25) is 4.22 Å². The number of carbonyl (C=O) groups is 2. The second-order valence-corrected chi connectivity index (χ2v) is 13.8. The van der Waals surface area contributed by atoms with Gasteiger partial charge in [0.05, 0.1) is 0 Å². The first kappa shape index (κ1) is 28.6. The molecule has 0 spiro atoms. The van der Waals surface area contributed by atoms with Crippen LogP contribution < -0.4 is 5.11 Å². The van der Waals surface area contributed by atoms with E-state index in [1.807, 2.05) is 84.9 Å². The molecule has 5 nitrogen and oxygen atoms in total. The number of benzene rings is 4. The van der Waals surface area contributed by atoms with Gasteiger partial charge in [0, 0.05) is 0 Å². The summed E-state index contributed by atoms with van der Waals surface area (Å²) >= 11 is -3.21. The molecule has 1 unspecified atom stereocenters. The Morgan fingerprint density at radius 1 is 0.667 bits per heavy atom. The van der Waals surface area contributed by atoms with Gasteiger partial charge in [-0.2, -0.15) is 7.11 Å². The van der Waals surface area contributed by atoms with Gasteiger partial charge in [0.2, 0.25) is 0 Å². The second-order valence-electron chi connectivity index (χ2n) is 11.1. The molecule has 0 bridgehead atoms. The Bertz CT molecular complexity index is 1610. The molecule has 42 heavy (non-hydrogen) atoms. The first-order chi connectivity index (χ1) is 20.7. The van der Waals surface area contributed by atoms with E-state index < -0.39 is 18.6 Å². The molecule has 3 aliphatic rings. The van der Waals surface area contributed by atoms with Crippen LogP contribution in [-0.4, -0.2) is 19.0 Å². The minimum absolute atomic E-state index is 0.0206. The van der Waals surface area contributed by atoms with Gasteiger partial charge in [-0.25, -0.2) is 0 Å². The Balaban J connectivity index is 0.00000155. The van der Waals surface area contributed by atoms with Crippen molar-refractivity contribution >= 4 is 33.5 Å². The van der Waals surface area contributed by atoms with E-state index in [-0.39, 0.29) is 16.2 Å². The van der Waals surface area contributed by atoms with E-state index in [0.717, 1.165) is 67.2 Å². The van der Waals surface area contributed by atoms with Gasteiger partial charge < -0.3 is 5.11 Å². The van der Waals surface area contributed by atoms with Crippen molar-refractivity contribution in [2.75, 3.05) is 7.11 Å². The zero-order valence-corrected chi connectivity index (χ0v) is 25.4. The van der Waals surface area contributed by atoms with Crippen molar-refractivity contribution < 1.29 is 40.0 Å². The van der Waals surface area contributed by atoms with E-state index in [1.165, 1.54) is 24.0 Å². The first-order valence-corrected chi connectivity index (χ1v) is 17.0. The molecular formula is C36H34O5Ti. The number of hydrogen-bond donors (Lipinski definition) is 0. The zero-order valence-electron chi connectivity index (χ0n) is 23.9. The van der Waals surface area contributed by atoms with E-state index >= 15 is 0 Å². The molecule has 7 rings (SSSR count). The Hall–Kier alpha value is -3.51. The van der Waals surface area contributed by atoms with Gasteiger partial charge in [-0.05, 0) is 0 Å². The summed E-state index contributed by atoms with van der Waals surface area (Å²) in [5.41, 5.74) is 7.06. The molecule has 0 heterocycles. The summed E-state index contributed by atoms with van der Waals surface area (Å²) < 4.78 is 12.8. The third-order valence-corrected chi connectivity index (χ3v) is 11.9. The first-order valence-electron chi connectivity index (χ1n) is 14.8. The summed E-state index contributed by atoms with van der Waals surface area (Å²) in [6, 6.07) is 27.1. The van der Waals surface area contributed by atoms with Crippen LogP contribution in [0.3, 0.4) is 0 Å². The predicted molar refractivity (Wildman–Crippen MR) is 159 cm³/mol.